The number of amides is 2. The first-order valence-corrected chi connectivity index (χ1v) is 11.8. The van der Waals surface area contributed by atoms with Gasteiger partial charge in [0.25, 0.3) is 0 Å². The fraction of sp³-hybridized carbons (Fsp3) is 0.600. The fourth-order valence-electron chi connectivity index (χ4n) is 4.84. The Bertz CT molecular complexity index is 834. The van der Waals surface area contributed by atoms with Gasteiger partial charge in [0.05, 0.1) is 18.0 Å². The van der Waals surface area contributed by atoms with Crippen LogP contribution < -0.4 is 16.0 Å². The largest absolute Gasteiger partial charge is 0.358 e. The molecule has 1 aliphatic carbocycles. The van der Waals surface area contributed by atoms with Crippen molar-refractivity contribution in [3.05, 3.63) is 35.9 Å². The molecule has 1 unspecified atom stereocenters. The van der Waals surface area contributed by atoms with E-state index in [1.807, 2.05) is 30.3 Å². The zero-order valence-electron chi connectivity index (χ0n) is 19.0. The van der Waals surface area contributed by atoms with Crippen LogP contribution in [0.3, 0.4) is 0 Å². The lowest BCUT2D eigenvalue weighted by atomic mass is 9.83. The van der Waals surface area contributed by atoms with Crippen LogP contribution in [0.15, 0.2) is 35.3 Å². The van der Waals surface area contributed by atoms with E-state index in [2.05, 4.69) is 27.0 Å². The maximum atomic E-state index is 13.6. The van der Waals surface area contributed by atoms with Gasteiger partial charge in [-0.2, -0.15) is 10.3 Å². The Labute approximate surface area is 191 Å². The summed E-state index contributed by atoms with van der Waals surface area (Å²) in [7, 11) is 0. The highest BCUT2D eigenvalue weighted by Gasteiger charge is 2.36. The first kappa shape index (κ1) is 23.9. The maximum absolute atomic E-state index is 13.6. The van der Waals surface area contributed by atoms with Crippen LogP contribution in [-0.2, 0) is 9.59 Å². The van der Waals surface area contributed by atoms with Crippen LogP contribution in [0.1, 0.15) is 70.3 Å². The standard InChI is InChI=1S/C25H35N5O2/c1-19(31)28-23(21-10-6-3-7-11-21)29-22(18-20-8-4-2-5-9-20)24(32)30-25(12-15-26)13-16-27-17-14-25/h3,6-7,10-11,20,22,27H,2,4-5,8-9,12-14,16-18H2,1H3,(H,30,32)(H,28,29,31). The van der Waals surface area contributed by atoms with E-state index in [1.165, 1.54) is 26.2 Å². The second-order valence-corrected chi connectivity index (χ2v) is 9.14. The van der Waals surface area contributed by atoms with Gasteiger partial charge in [-0.05, 0) is 38.3 Å². The predicted molar refractivity (Wildman–Crippen MR) is 125 cm³/mol. The van der Waals surface area contributed by atoms with Crippen molar-refractivity contribution in [2.24, 2.45) is 10.9 Å². The lowest BCUT2D eigenvalue weighted by molar-refractivity contribution is -0.125. The van der Waals surface area contributed by atoms with Crippen LogP contribution in [0, 0.1) is 17.2 Å². The Kier molecular flexibility index (Phi) is 8.81. The van der Waals surface area contributed by atoms with Crippen LogP contribution in [0.4, 0.5) is 0 Å². The number of amidine groups is 1. The number of hydrogen-bond acceptors (Lipinski definition) is 4. The third-order valence-corrected chi connectivity index (χ3v) is 6.60. The van der Waals surface area contributed by atoms with E-state index < -0.39 is 11.6 Å². The first-order valence-electron chi connectivity index (χ1n) is 11.8. The number of benzene rings is 1. The van der Waals surface area contributed by atoms with Gasteiger partial charge in [-0.25, -0.2) is 0 Å². The summed E-state index contributed by atoms with van der Waals surface area (Å²) in [5, 5.41) is 19.2. The summed E-state index contributed by atoms with van der Waals surface area (Å²) in [4.78, 5) is 29.6. The Morgan fingerprint density at radius 3 is 2.50 bits per heavy atom. The molecule has 2 fully saturated rings. The van der Waals surface area contributed by atoms with Gasteiger partial charge in [0.1, 0.15) is 11.9 Å². The van der Waals surface area contributed by atoms with Crippen molar-refractivity contribution in [2.45, 2.75) is 76.3 Å². The molecule has 2 amide bonds. The number of aliphatic imine (C=N–C) groups is 1. The molecule has 7 heteroatoms. The number of nitrogens with zero attached hydrogens (tertiary/aromatic N) is 2. The average Bonchev–Trinajstić information content (AvgIpc) is 2.80. The molecule has 2 aliphatic rings. The van der Waals surface area contributed by atoms with Crippen molar-refractivity contribution in [3.63, 3.8) is 0 Å². The molecular weight excluding hydrogens is 402 g/mol. The minimum absolute atomic E-state index is 0.111. The molecular formula is C25H35N5O2. The zero-order valence-corrected chi connectivity index (χ0v) is 19.0. The molecule has 1 aliphatic heterocycles. The van der Waals surface area contributed by atoms with E-state index in [4.69, 9.17) is 0 Å². The summed E-state index contributed by atoms with van der Waals surface area (Å²) in [6.07, 6.45) is 8.31. The van der Waals surface area contributed by atoms with Crippen molar-refractivity contribution < 1.29 is 9.59 Å². The van der Waals surface area contributed by atoms with E-state index in [0.717, 1.165) is 44.3 Å². The van der Waals surface area contributed by atoms with E-state index >= 15 is 0 Å². The van der Waals surface area contributed by atoms with Crippen molar-refractivity contribution in [1.29, 1.82) is 5.26 Å². The van der Waals surface area contributed by atoms with Crippen molar-refractivity contribution in [3.8, 4) is 6.07 Å². The summed E-state index contributed by atoms with van der Waals surface area (Å²) < 4.78 is 0. The molecule has 1 saturated carbocycles. The van der Waals surface area contributed by atoms with Crippen molar-refractivity contribution in [2.75, 3.05) is 13.1 Å². The summed E-state index contributed by atoms with van der Waals surface area (Å²) >= 11 is 0. The van der Waals surface area contributed by atoms with Crippen LogP contribution >= 0.6 is 0 Å². The quantitative estimate of drug-likeness (QED) is 0.449. The van der Waals surface area contributed by atoms with E-state index in [-0.39, 0.29) is 11.8 Å². The molecule has 1 heterocycles. The molecule has 3 N–H and O–H groups in total. The summed E-state index contributed by atoms with van der Waals surface area (Å²) in [5.74, 6) is 0.461. The average molecular weight is 438 g/mol. The Morgan fingerprint density at radius 2 is 1.88 bits per heavy atom. The Morgan fingerprint density at radius 1 is 1.19 bits per heavy atom. The molecule has 0 radical (unpaired) electrons. The highest BCUT2D eigenvalue weighted by Crippen LogP contribution is 2.28. The van der Waals surface area contributed by atoms with Gasteiger partial charge in [-0.15, -0.1) is 0 Å². The van der Waals surface area contributed by atoms with E-state index in [0.29, 0.717) is 24.6 Å². The third kappa shape index (κ3) is 6.89. The van der Waals surface area contributed by atoms with Gasteiger partial charge in [0.2, 0.25) is 11.8 Å². The van der Waals surface area contributed by atoms with Gasteiger partial charge in [-0.3, -0.25) is 9.59 Å². The molecule has 1 atom stereocenters. The third-order valence-electron chi connectivity index (χ3n) is 6.60. The summed E-state index contributed by atoms with van der Waals surface area (Å²) in [5.41, 5.74) is 0.270. The molecule has 1 aromatic carbocycles. The highest BCUT2D eigenvalue weighted by molar-refractivity contribution is 6.06. The van der Waals surface area contributed by atoms with Gasteiger partial charge in [-0.1, -0.05) is 62.4 Å². The molecule has 0 aromatic heterocycles. The smallest absolute Gasteiger partial charge is 0.244 e. The fourth-order valence-corrected chi connectivity index (χ4v) is 4.84. The van der Waals surface area contributed by atoms with Gasteiger partial charge in [0.15, 0.2) is 0 Å². The lowest BCUT2D eigenvalue weighted by Crippen LogP contribution is -2.59. The second-order valence-electron chi connectivity index (χ2n) is 9.14. The van der Waals surface area contributed by atoms with E-state index in [9.17, 15) is 14.9 Å². The predicted octanol–water partition coefficient (Wildman–Crippen LogP) is 3.06. The Hall–Kier alpha value is -2.72. The van der Waals surface area contributed by atoms with Gasteiger partial charge >= 0.3 is 0 Å². The number of nitriles is 1. The number of piperidine rings is 1. The highest BCUT2D eigenvalue weighted by atomic mass is 16.2. The van der Waals surface area contributed by atoms with Crippen LogP contribution in [0.5, 0.6) is 0 Å². The van der Waals surface area contributed by atoms with Crippen molar-refractivity contribution in [1.82, 2.24) is 16.0 Å². The molecule has 7 nitrogen and oxygen atoms in total. The van der Waals surface area contributed by atoms with Gasteiger partial charge in [0, 0.05) is 12.5 Å². The van der Waals surface area contributed by atoms with Crippen LogP contribution in [0.2, 0.25) is 0 Å². The minimum Gasteiger partial charge on any atom is -0.358 e. The molecule has 1 saturated heterocycles. The molecule has 32 heavy (non-hydrogen) atoms. The molecule has 172 valence electrons. The first-order chi connectivity index (χ1) is 15.5. The zero-order chi connectivity index (χ0) is 22.8. The SMILES string of the molecule is CC(=O)N=C(NC(CC1CCCCC1)C(=O)NC1(CC#N)CCNCC1)c1ccccc1. The van der Waals surface area contributed by atoms with Crippen LogP contribution in [0.25, 0.3) is 0 Å². The topological polar surface area (TPSA) is 106 Å². The number of nitrogens with one attached hydrogen (secondary N) is 3. The Balaban J connectivity index is 1.83. The molecule has 0 spiro atoms. The number of carbonyl (C=O) groups is 2. The van der Waals surface area contributed by atoms with Crippen molar-refractivity contribution >= 4 is 17.6 Å². The lowest BCUT2D eigenvalue weighted by Gasteiger charge is -2.38. The monoisotopic (exact) mass is 437 g/mol. The molecule has 1 aromatic rings. The number of rotatable bonds is 7. The molecule has 0 bridgehead atoms. The summed E-state index contributed by atoms with van der Waals surface area (Å²) in [6.45, 7) is 2.98. The number of carbonyl (C=O) groups excluding carboxylic acids is 2. The van der Waals surface area contributed by atoms with Crippen LogP contribution in [-0.4, -0.2) is 42.3 Å². The second kappa shape index (κ2) is 11.8. The maximum Gasteiger partial charge on any atom is 0.244 e. The number of hydrogen-bond donors (Lipinski definition) is 3. The summed E-state index contributed by atoms with van der Waals surface area (Å²) in [6, 6.07) is 11.2. The molecule has 3 rings (SSSR count). The minimum atomic E-state index is -0.512. The normalized spacial score (nSPS) is 20.1. The van der Waals surface area contributed by atoms with Gasteiger partial charge < -0.3 is 16.0 Å². The van der Waals surface area contributed by atoms with E-state index in [1.54, 1.807) is 0 Å².